The Labute approximate surface area is 160 Å². The van der Waals surface area contributed by atoms with E-state index in [1.54, 1.807) is 58.0 Å². The predicted octanol–water partition coefficient (Wildman–Crippen LogP) is 5.88. The Hall–Kier alpha value is -2.47. The number of carbonyl (C=O) groups excluding carboxylic acids is 1. The van der Waals surface area contributed by atoms with Gasteiger partial charge in [-0.05, 0) is 57.5 Å². The topological polar surface area (TPSA) is 44.1 Å². The van der Waals surface area contributed by atoms with Crippen molar-refractivity contribution in [3.63, 3.8) is 0 Å². The number of halogens is 3. The molecule has 0 radical (unpaired) electrons. The number of benzene rings is 1. The lowest BCUT2D eigenvalue weighted by Crippen LogP contribution is -2.25. The highest BCUT2D eigenvalue weighted by Gasteiger charge is 2.27. The summed E-state index contributed by atoms with van der Waals surface area (Å²) in [7, 11) is 0. The maximum absolute atomic E-state index is 13.8. The number of hydrogen-bond donors (Lipinski definition) is 0. The van der Waals surface area contributed by atoms with Crippen molar-refractivity contribution in [2.45, 2.75) is 39.7 Å². The summed E-state index contributed by atoms with van der Waals surface area (Å²) in [4.78, 5) is 17.0. The van der Waals surface area contributed by atoms with Gasteiger partial charge in [-0.2, -0.15) is 0 Å². The Morgan fingerprint density at radius 1 is 1.22 bits per heavy atom. The highest BCUT2D eigenvalue weighted by Crippen LogP contribution is 2.33. The fourth-order valence-corrected chi connectivity index (χ4v) is 3.07. The highest BCUT2D eigenvalue weighted by atomic mass is 35.5. The van der Waals surface area contributed by atoms with E-state index in [2.05, 4.69) is 4.98 Å². The van der Waals surface area contributed by atoms with Crippen LogP contribution in [0.1, 0.15) is 48.8 Å². The molecule has 0 N–H and O–H groups in total. The zero-order valence-electron chi connectivity index (χ0n) is 15.4. The van der Waals surface area contributed by atoms with Crippen LogP contribution in [0.2, 0.25) is 5.15 Å². The maximum Gasteiger partial charge on any atom is 0.355 e. The standard InChI is InChI=1S/C20H19ClF2N2O2/c1-11-6-5-7-13(16(11)17(22)23)25-14(19(26)27-20(2,3)4)10-12-8-9-15(21)24-18(12)25/h5-10,17H,1-4H3. The van der Waals surface area contributed by atoms with Crippen LogP contribution in [-0.2, 0) is 4.74 Å². The number of aryl methyl sites for hydroxylation is 1. The van der Waals surface area contributed by atoms with Crippen molar-refractivity contribution in [2.24, 2.45) is 0 Å². The molecular weight excluding hydrogens is 374 g/mol. The molecule has 0 spiro atoms. The molecule has 0 bridgehead atoms. The van der Waals surface area contributed by atoms with Crippen molar-refractivity contribution in [3.05, 3.63) is 58.4 Å². The lowest BCUT2D eigenvalue weighted by atomic mass is 10.1. The van der Waals surface area contributed by atoms with E-state index in [1.165, 1.54) is 10.6 Å². The fraction of sp³-hybridized carbons (Fsp3) is 0.300. The van der Waals surface area contributed by atoms with Crippen LogP contribution in [0.25, 0.3) is 16.7 Å². The second-order valence-corrected chi connectivity index (χ2v) is 7.61. The van der Waals surface area contributed by atoms with Gasteiger partial charge in [0, 0.05) is 10.9 Å². The number of esters is 1. The van der Waals surface area contributed by atoms with Crippen LogP contribution < -0.4 is 0 Å². The van der Waals surface area contributed by atoms with E-state index in [1.807, 2.05) is 0 Å². The Balaban J connectivity index is 2.34. The van der Waals surface area contributed by atoms with Gasteiger partial charge < -0.3 is 4.74 Å². The highest BCUT2D eigenvalue weighted by molar-refractivity contribution is 6.29. The summed E-state index contributed by atoms with van der Waals surface area (Å²) in [5.74, 6) is -0.627. The monoisotopic (exact) mass is 392 g/mol. The molecule has 3 rings (SSSR count). The first-order valence-corrected chi connectivity index (χ1v) is 8.75. The first-order valence-electron chi connectivity index (χ1n) is 8.38. The van der Waals surface area contributed by atoms with E-state index >= 15 is 0 Å². The average Bonchev–Trinajstić information content (AvgIpc) is 2.91. The van der Waals surface area contributed by atoms with Gasteiger partial charge in [0.1, 0.15) is 22.1 Å². The smallest absolute Gasteiger partial charge is 0.355 e. The largest absolute Gasteiger partial charge is 0.455 e. The Morgan fingerprint density at radius 2 is 1.93 bits per heavy atom. The lowest BCUT2D eigenvalue weighted by molar-refractivity contribution is 0.00606. The fourth-order valence-electron chi connectivity index (χ4n) is 2.92. The summed E-state index contributed by atoms with van der Waals surface area (Å²) in [6.07, 6.45) is -2.72. The molecule has 2 aromatic heterocycles. The molecule has 3 aromatic rings. The average molecular weight is 393 g/mol. The molecular formula is C20H19ClF2N2O2. The summed E-state index contributed by atoms with van der Waals surface area (Å²) < 4.78 is 34.4. The third-order valence-electron chi connectivity index (χ3n) is 3.98. The zero-order valence-corrected chi connectivity index (χ0v) is 16.1. The summed E-state index contributed by atoms with van der Waals surface area (Å²) in [6.45, 7) is 6.82. The lowest BCUT2D eigenvalue weighted by Gasteiger charge is -2.21. The van der Waals surface area contributed by atoms with Crippen LogP contribution >= 0.6 is 11.6 Å². The molecule has 142 valence electrons. The number of fused-ring (bicyclic) bond motifs is 1. The van der Waals surface area contributed by atoms with E-state index in [-0.39, 0.29) is 22.1 Å². The Morgan fingerprint density at radius 3 is 2.56 bits per heavy atom. The summed E-state index contributed by atoms with van der Waals surface area (Å²) >= 11 is 6.02. The minimum Gasteiger partial charge on any atom is -0.455 e. The van der Waals surface area contributed by atoms with Crippen molar-refractivity contribution in [3.8, 4) is 5.69 Å². The summed E-state index contributed by atoms with van der Waals surface area (Å²) in [5, 5.41) is 0.797. The van der Waals surface area contributed by atoms with E-state index in [4.69, 9.17) is 16.3 Å². The van der Waals surface area contributed by atoms with Gasteiger partial charge in [-0.1, -0.05) is 23.7 Å². The van der Waals surface area contributed by atoms with E-state index in [9.17, 15) is 13.6 Å². The first-order chi connectivity index (χ1) is 12.6. The number of aromatic nitrogens is 2. The third kappa shape index (κ3) is 3.81. The SMILES string of the molecule is Cc1cccc(-n2c(C(=O)OC(C)(C)C)cc3ccc(Cl)nc32)c1C(F)F. The third-order valence-corrected chi connectivity index (χ3v) is 4.20. The molecule has 0 amide bonds. The normalized spacial score (nSPS) is 12.0. The van der Waals surface area contributed by atoms with Gasteiger partial charge in [0.25, 0.3) is 6.43 Å². The zero-order chi connectivity index (χ0) is 19.9. The van der Waals surface area contributed by atoms with E-state index in [0.29, 0.717) is 16.6 Å². The maximum atomic E-state index is 13.8. The van der Waals surface area contributed by atoms with Crippen molar-refractivity contribution in [1.82, 2.24) is 9.55 Å². The van der Waals surface area contributed by atoms with Gasteiger partial charge in [-0.25, -0.2) is 18.6 Å². The number of rotatable bonds is 3. The molecule has 4 nitrogen and oxygen atoms in total. The molecule has 27 heavy (non-hydrogen) atoms. The number of carbonyl (C=O) groups is 1. The van der Waals surface area contributed by atoms with Gasteiger partial charge in [-0.3, -0.25) is 4.57 Å². The summed E-state index contributed by atoms with van der Waals surface area (Å²) in [5.41, 5.74) is 0.124. The first kappa shape index (κ1) is 19.3. The quantitative estimate of drug-likeness (QED) is 0.413. The molecule has 0 unspecified atom stereocenters. The van der Waals surface area contributed by atoms with Crippen molar-refractivity contribution in [2.75, 3.05) is 0 Å². The minimum atomic E-state index is -2.72. The summed E-state index contributed by atoms with van der Waals surface area (Å²) in [6, 6.07) is 9.63. The van der Waals surface area contributed by atoms with Crippen LogP contribution in [-0.4, -0.2) is 21.1 Å². The molecule has 1 aromatic carbocycles. The van der Waals surface area contributed by atoms with Crippen LogP contribution in [0.5, 0.6) is 0 Å². The van der Waals surface area contributed by atoms with Gasteiger partial charge in [0.05, 0.1) is 5.69 Å². The molecule has 0 aliphatic carbocycles. The molecule has 7 heteroatoms. The molecule has 0 atom stereocenters. The molecule has 2 heterocycles. The second-order valence-electron chi connectivity index (χ2n) is 7.22. The van der Waals surface area contributed by atoms with Crippen molar-refractivity contribution < 1.29 is 18.3 Å². The van der Waals surface area contributed by atoms with Crippen LogP contribution in [0.3, 0.4) is 0 Å². The second kappa shape index (κ2) is 6.93. The molecule has 0 aliphatic heterocycles. The van der Waals surface area contributed by atoms with Gasteiger partial charge in [0.2, 0.25) is 0 Å². The van der Waals surface area contributed by atoms with E-state index < -0.39 is 18.0 Å². The van der Waals surface area contributed by atoms with Gasteiger partial charge in [-0.15, -0.1) is 0 Å². The van der Waals surface area contributed by atoms with Crippen LogP contribution in [0.15, 0.2) is 36.4 Å². The van der Waals surface area contributed by atoms with Crippen LogP contribution in [0.4, 0.5) is 8.78 Å². The molecule has 0 aliphatic rings. The number of pyridine rings is 1. The van der Waals surface area contributed by atoms with E-state index in [0.717, 1.165) is 0 Å². The number of ether oxygens (including phenoxy) is 1. The predicted molar refractivity (Wildman–Crippen MR) is 101 cm³/mol. The van der Waals surface area contributed by atoms with Gasteiger partial charge >= 0.3 is 5.97 Å². The Kier molecular flexibility index (Phi) is 4.95. The number of alkyl halides is 2. The number of nitrogens with zero attached hydrogens (tertiary/aromatic N) is 2. The Bertz CT molecular complexity index is 1020. The van der Waals surface area contributed by atoms with Gasteiger partial charge in [0.15, 0.2) is 0 Å². The molecule has 0 saturated carbocycles. The van der Waals surface area contributed by atoms with Crippen LogP contribution in [0, 0.1) is 6.92 Å². The molecule has 0 saturated heterocycles. The minimum absolute atomic E-state index is 0.113. The number of hydrogen-bond acceptors (Lipinski definition) is 3. The molecule has 0 fully saturated rings. The van der Waals surface area contributed by atoms with Crippen molar-refractivity contribution >= 4 is 28.6 Å². The van der Waals surface area contributed by atoms with Crippen molar-refractivity contribution in [1.29, 1.82) is 0 Å².